The Labute approximate surface area is 127 Å². The van der Waals surface area contributed by atoms with Gasteiger partial charge in [0.05, 0.1) is 12.7 Å². The van der Waals surface area contributed by atoms with Crippen LogP contribution in [0.5, 0.6) is 5.75 Å². The van der Waals surface area contributed by atoms with Gasteiger partial charge in [0, 0.05) is 0 Å². The Morgan fingerprint density at radius 3 is 2.52 bits per heavy atom. The first kappa shape index (κ1) is 17.0. The molecule has 0 amide bonds. The van der Waals surface area contributed by atoms with Crippen LogP contribution < -0.4 is 4.74 Å². The maximum Gasteiger partial charge on any atom is 0.335 e. The van der Waals surface area contributed by atoms with E-state index in [1.165, 1.54) is 11.1 Å². The number of rotatable bonds is 7. The number of hydrogen-bond acceptors (Lipinski definition) is 2. The smallest absolute Gasteiger partial charge is 0.335 e. The zero-order valence-electron chi connectivity index (χ0n) is 13.3. The summed E-state index contributed by atoms with van der Waals surface area (Å²) in [5, 5.41) is 9.06. The van der Waals surface area contributed by atoms with Gasteiger partial charge in [0.25, 0.3) is 0 Å². The first-order valence-corrected chi connectivity index (χ1v) is 7.13. The standard InChI is InChI=1S/C18H24O3/c1-13(2)6-5-7-14(3)8-9-15-12-16(18(19)20)10-11-17(15)21-4/h6,8,10-12H,5,7,9H2,1-4H3,(H,19,20)/b14-8-. The highest BCUT2D eigenvalue weighted by molar-refractivity contribution is 5.88. The van der Waals surface area contributed by atoms with Gasteiger partial charge in [0.1, 0.15) is 5.75 Å². The van der Waals surface area contributed by atoms with Gasteiger partial charge in [-0.2, -0.15) is 0 Å². The third-order valence-electron chi connectivity index (χ3n) is 3.29. The van der Waals surface area contributed by atoms with Crippen molar-refractivity contribution in [3.63, 3.8) is 0 Å². The Balaban J connectivity index is 2.79. The van der Waals surface area contributed by atoms with Crippen LogP contribution in [0.1, 0.15) is 49.5 Å². The molecule has 1 rings (SSSR count). The van der Waals surface area contributed by atoms with E-state index < -0.39 is 5.97 Å². The van der Waals surface area contributed by atoms with Crippen molar-refractivity contribution in [3.05, 3.63) is 52.6 Å². The molecule has 0 radical (unpaired) electrons. The molecule has 0 spiro atoms. The van der Waals surface area contributed by atoms with Crippen LogP contribution in [-0.2, 0) is 6.42 Å². The van der Waals surface area contributed by atoms with Crippen LogP contribution in [0.3, 0.4) is 0 Å². The SMILES string of the molecule is COc1ccc(C(=O)O)cc1C/C=C(/C)CCC=C(C)C. The van der Waals surface area contributed by atoms with Crippen LogP contribution in [0, 0.1) is 0 Å². The summed E-state index contributed by atoms with van der Waals surface area (Å²) in [6, 6.07) is 4.96. The van der Waals surface area contributed by atoms with Crippen molar-refractivity contribution >= 4 is 5.97 Å². The molecule has 1 aromatic carbocycles. The summed E-state index contributed by atoms with van der Waals surface area (Å²) in [5.74, 6) is -0.184. The fourth-order valence-corrected chi connectivity index (χ4v) is 2.05. The Kier molecular flexibility index (Phi) is 6.73. The lowest BCUT2D eigenvalue weighted by Gasteiger charge is -2.08. The highest BCUT2D eigenvalue weighted by Crippen LogP contribution is 2.22. The van der Waals surface area contributed by atoms with Crippen molar-refractivity contribution in [1.82, 2.24) is 0 Å². The Morgan fingerprint density at radius 2 is 1.95 bits per heavy atom. The molecule has 0 fully saturated rings. The molecule has 3 nitrogen and oxygen atoms in total. The fraction of sp³-hybridized carbons (Fsp3) is 0.389. The van der Waals surface area contributed by atoms with Gasteiger partial charge in [0.15, 0.2) is 0 Å². The van der Waals surface area contributed by atoms with E-state index in [1.54, 1.807) is 25.3 Å². The fourth-order valence-electron chi connectivity index (χ4n) is 2.05. The summed E-state index contributed by atoms with van der Waals surface area (Å²) < 4.78 is 5.29. The summed E-state index contributed by atoms with van der Waals surface area (Å²) in [6.07, 6.45) is 7.11. The second kappa shape index (κ2) is 8.30. The predicted molar refractivity (Wildman–Crippen MR) is 86.1 cm³/mol. The molecule has 0 aromatic heterocycles. The number of hydrogen-bond donors (Lipinski definition) is 1. The van der Waals surface area contributed by atoms with Gasteiger partial charge in [-0.3, -0.25) is 0 Å². The van der Waals surface area contributed by atoms with Crippen molar-refractivity contribution in [1.29, 1.82) is 0 Å². The molecule has 0 heterocycles. The number of methoxy groups -OCH3 is 1. The van der Waals surface area contributed by atoms with Crippen LogP contribution >= 0.6 is 0 Å². The van der Waals surface area contributed by atoms with Crippen LogP contribution in [0.15, 0.2) is 41.5 Å². The normalized spacial score (nSPS) is 11.1. The maximum atomic E-state index is 11.0. The predicted octanol–water partition coefficient (Wildman–Crippen LogP) is 4.63. The lowest BCUT2D eigenvalue weighted by molar-refractivity contribution is 0.0696. The summed E-state index contributed by atoms with van der Waals surface area (Å²) in [6.45, 7) is 6.30. The van der Waals surface area contributed by atoms with Gasteiger partial charge in [0.2, 0.25) is 0 Å². The van der Waals surface area contributed by atoms with Gasteiger partial charge in [-0.1, -0.05) is 23.3 Å². The number of carboxylic acids is 1. The Hall–Kier alpha value is -2.03. The molecule has 0 bridgehead atoms. The number of allylic oxidation sites excluding steroid dienone is 4. The van der Waals surface area contributed by atoms with E-state index in [9.17, 15) is 4.79 Å². The molecule has 0 saturated carbocycles. The lowest BCUT2D eigenvalue weighted by atomic mass is 10.0. The van der Waals surface area contributed by atoms with Crippen LogP contribution in [0.2, 0.25) is 0 Å². The Bertz CT molecular complexity index is 550. The largest absolute Gasteiger partial charge is 0.496 e. The monoisotopic (exact) mass is 288 g/mol. The molecule has 0 aliphatic carbocycles. The third-order valence-corrected chi connectivity index (χ3v) is 3.29. The molecular formula is C18H24O3. The molecular weight excluding hydrogens is 264 g/mol. The number of ether oxygens (including phenoxy) is 1. The lowest BCUT2D eigenvalue weighted by Crippen LogP contribution is -1.99. The van der Waals surface area contributed by atoms with E-state index in [-0.39, 0.29) is 0 Å². The average Bonchev–Trinajstić information content (AvgIpc) is 2.44. The quantitative estimate of drug-likeness (QED) is 0.744. The van der Waals surface area contributed by atoms with Crippen LogP contribution in [0.4, 0.5) is 0 Å². The van der Waals surface area contributed by atoms with Gasteiger partial charge in [-0.05, 0) is 63.8 Å². The molecule has 0 unspecified atom stereocenters. The molecule has 0 saturated heterocycles. The molecule has 21 heavy (non-hydrogen) atoms. The van der Waals surface area contributed by atoms with Crippen LogP contribution in [-0.4, -0.2) is 18.2 Å². The molecule has 0 atom stereocenters. The molecule has 0 aliphatic rings. The van der Waals surface area contributed by atoms with Gasteiger partial charge < -0.3 is 9.84 Å². The average molecular weight is 288 g/mol. The zero-order chi connectivity index (χ0) is 15.8. The van der Waals surface area contributed by atoms with Crippen molar-refractivity contribution in [3.8, 4) is 5.75 Å². The number of carboxylic acid groups (broad SMARTS) is 1. The van der Waals surface area contributed by atoms with Crippen molar-refractivity contribution in [2.24, 2.45) is 0 Å². The summed E-state index contributed by atoms with van der Waals surface area (Å²) >= 11 is 0. The van der Waals surface area contributed by atoms with Crippen molar-refractivity contribution in [2.75, 3.05) is 7.11 Å². The minimum atomic E-state index is -0.914. The molecule has 1 N–H and O–H groups in total. The number of carbonyl (C=O) groups is 1. The highest BCUT2D eigenvalue weighted by atomic mass is 16.5. The molecule has 1 aromatic rings. The maximum absolute atomic E-state index is 11.0. The summed E-state index contributed by atoms with van der Waals surface area (Å²) in [5.41, 5.74) is 3.83. The third kappa shape index (κ3) is 5.86. The van der Waals surface area contributed by atoms with Gasteiger partial charge >= 0.3 is 5.97 Å². The second-order valence-corrected chi connectivity index (χ2v) is 5.41. The van der Waals surface area contributed by atoms with E-state index in [0.717, 1.165) is 24.2 Å². The molecule has 0 aliphatic heterocycles. The van der Waals surface area contributed by atoms with Crippen LogP contribution in [0.25, 0.3) is 0 Å². The van der Waals surface area contributed by atoms with E-state index in [2.05, 4.69) is 32.9 Å². The first-order chi connectivity index (χ1) is 9.93. The molecule has 114 valence electrons. The molecule has 3 heteroatoms. The van der Waals surface area contributed by atoms with E-state index in [0.29, 0.717) is 12.0 Å². The summed E-state index contributed by atoms with van der Waals surface area (Å²) in [4.78, 5) is 11.0. The Morgan fingerprint density at radius 1 is 1.24 bits per heavy atom. The zero-order valence-corrected chi connectivity index (χ0v) is 13.3. The van der Waals surface area contributed by atoms with Crippen molar-refractivity contribution in [2.45, 2.75) is 40.0 Å². The number of aromatic carboxylic acids is 1. The van der Waals surface area contributed by atoms with Gasteiger partial charge in [-0.25, -0.2) is 4.79 Å². The first-order valence-electron chi connectivity index (χ1n) is 7.13. The van der Waals surface area contributed by atoms with Crippen molar-refractivity contribution < 1.29 is 14.6 Å². The second-order valence-electron chi connectivity index (χ2n) is 5.41. The highest BCUT2D eigenvalue weighted by Gasteiger charge is 2.08. The van der Waals surface area contributed by atoms with E-state index in [4.69, 9.17) is 9.84 Å². The van der Waals surface area contributed by atoms with E-state index in [1.807, 2.05) is 0 Å². The minimum Gasteiger partial charge on any atom is -0.496 e. The minimum absolute atomic E-state index is 0.293. The topological polar surface area (TPSA) is 46.5 Å². The van der Waals surface area contributed by atoms with Gasteiger partial charge in [-0.15, -0.1) is 0 Å². The van der Waals surface area contributed by atoms with E-state index >= 15 is 0 Å². The number of benzene rings is 1. The summed E-state index contributed by atoms with van der Waals surface area (Å²) in [7, 11) is 1.60.